The van der Waals surface area contributed by atoms with E-state index in [4.69, 9.17) is 4.74 Å². The average Bonchev–Trinajstić information content (AvgIpc) is 2.89. The molecule has 132 valence electrons. The predicted octanol–water partition coefficient (Wildman–Crippen LogP) is 1.14. The number of hydrogen-bond acceptors (Lipinski definition) is 5. The average molecular weight is 344 g/mol. The van der Waals surface area contributed by atoms with Gasteiger partial charge in [0, 0.05) is 17.6 Å². The zero-order valence-corrected chi connectivity index (χ0v) is 14.3. The van der Waals surface area contributed by atoms with Crippen molar-refractivity contribution in [3.8, 4) is 0 Å². The number of esters is 1. The first-order chi connectivity index (χ1) is 11.9. The number of hydrazine groups is 1. The Morgan fingerprint density at radius 1 is 1.20 bits per heavy atom. The van der Waals surface area contributed by atoms with E-state index < -0.39 is 17.8 Å². The SMILES string of the molecule is CCOC(=O)c1cc(C)n(CC(=O)NNC(=O)c2ccccn2)c1C. The van der Waals surface area contributed by atoms with Gasteiger partial charge in [0.1, 0.15) is 12.2 Å². The molecule has 0 radical (unpaired) electrons. The molecule has 0 saturated carbocycles. The van der Waals surface area contributed by atoms with Crippen molar-refractivity contribution in [2.24, 2.45) is 0 Å². The van der Waals surface area contributed by atoms with Crippen LogP contribution in [0.3, 0.4) is 0 Å². The van der Waals surface area contributed by atoms with Crippen LogP contribution in [-0.4, -0.2) is 33.9 Å². The van der Waals surface area contributed by atoms with Gasteiger partial charge in [-0.15, -0.1) is 0 Å². The number of carbonyl (C=O) groups is 3. The lowest BCUT2D eigenvalue weighted by Crippen LogP contribution is -2.43. The van der Waals surface area contributed by atoms with E-state index in [1.165, 1.54) is 12.3 Å². The molecule has 8 heteroatoms. The molecule has 0 aliphatic heterocycles. The van der Waals surface area contributed by atoms with E-state index in [2.05, 4.69) is 15.8 Å². The van der Waals surface area contributed by atoms with Crippen molar-refractivity contribution in [3.63, 3.8) is 0 Å². The number of nitrogens with zero attached hydrogens (tertiary/aromatic N) is 2. The van der Waals surface area contributed by atoms with Crippen LogP contribution in [0, 0.1) is 13.8 Å². The molecular formula is C17H20N4O4. The summed E-state index contributed by atoms with van der Waals surface area (Å²) in [4.78, 5) is 39.7. The second-order valence-electron chi connectivity index (χ2n) is 5.31. The molecule has 2 aromatic heterocycles. The highest BCUT2D eigenvalue weighted by atomic mass is 16.5. The standard InChI is InChI=1S/C17H20N4O4/c1-4-25-17(24)13-9-11(2)21(12(13)3)10-15(22)19-20-16(23)14-7-5-6-8-18-14/h5-9H,4,10H2,1-3H3,(H,19,22)(H,20,23). The Hall–Kier alpha value is -3.16. The van der Waals surface area contributed by atoms with E-state index >= 15 is 0 Å². The fourth-order valence-electron chi connectivity index (χ4n) is 2.33. The summed E-state index contributed by atoms with van der Waals surface area (Å²) in [6.45, 7) is 5.49. The van der Waals surface area contributed by atoms with E-state index in [1.807, 2.05) is 0 Å². The molecule has 0 atom stereocenters. The molecule has 2 N–H and O–H groups in total. The number of rotatable bonds is 5. The van der Waals surface area contributed by atoms with E-state index in [-0.39, 0.29) is 18.8 Å². The Kier molecular flexibility index (Phi) is 5.89. The number of hydrogen-bond donors (Lipinski definition) is 2. The Morgan fingerprint density at radius 3 is 2.60 bits per heavy atom. The summed E-state index contributed by atoms with van der Waals surface area (Å²) < 4.78 is 6.67. The highest BCUT2D eigenvalue weighted by molar-refractivity contribution is 5.94. The molecule has 25 heavy (non-hydrogen) atoms. The summed E-state index contributed by atoms with van der Waals surface area (Å²) in [5, 5.41) is 0. The number of carbonyl (C=O) groups excluding carboxylic acids is 3. The van der Waals surface area contributed by atoms with Gasteiger partial charge >= 0.3 is 5.97 Å². The summed E-state index contributed by atoms with van der Waals surface area (Å²) in [6.07, 6.45) is 1.49. The summed E-state index contributed by atoms with van der Waals surface area (Å²) in [6, 6.07) is 6.57. The van der Waals surface area contributed by atoms with Gasteiger partial charge in [0.05, 0.1) is 12.2 Å². The first kappa shape index (κ1) is 18.2. The van der Waals surface area contributed by atoms with Crippen LogP contribution >= 0.6 is 0 Å². The van der Waals surface area contributed by atoms with Crippen LogP contribution in [0.1, 0.15) is 39.2 Å². The van der Waals surface area contributed by atoms with Gasteiger partial charge < -0.3 is 9.30 Å². The lowest BCUT2D eigenvalue weighted by Gasteiger charge is -2.11. The number of amides is 2. The van der Waals surface area contributed by atoms with Gasteiger partial charge in [-0.3, -0.25) is 25.4 Å². The molecular weight excluding hydrogens is 324 g/mol. The third-order valence-electron chi connectivity index (χ3n) is 3.58. The highest BCUT2D eigenvalue weighted by Gasteiger charge is 2.18. The van der Waals surface area contributed by atoms with Crippen LogP contribution in [0.15, 0.2) is 30.5 Å². The van der Waals surface area contributed by atoms with E-state index in [1.54, 1.807) is 43.5 Å². The zero-order valence-electron chi connectivity index (χ0n) is 14.3. The quantitative estimate of drug-likeness (QED) is 0.625. The minimum Gasteiger partial charge on any atom is -0.462 e. The topological polar surface area (TPSA) is 102 Å². The van der Waals surface area contributed by atoms with Gasteiger partial charge in [-0.1, -0.05) is 6.07 Å². The molecule has 8 nitrogen and oxygen atoms in total. The van der Waals surface area contributed by atoms with Crippen LogP contribution in [0.4, 0.5) is 0 Å². The third-order valence-corrected chi connectivity index (χ3v) is 3.58. The second-order valence-corrected chi connectivity index (χ2v) is 5.31. The molecule has 0 spiro atoms. The Balaban J connectivity index is 1.99. The molecule has 0 bridgehead atoms. The lowest BCUT2D eigenvalue weighted by molar-refractivity contribution is -0.122. The second kappa shape index (κ2) is 8.09. The molecule has 2 heterocycles. The monoisotopic (exact) mass is 344 g/mol. The maximum atomic E-state index is 12.1. The summed E-state index contributed by atoms with van der Waals surface area (Å²) >= 11 is 0. The number of pyridine rings is 1. The predicted molar refractivity (Wildman–Crippen MR) is 89.7 cm³/mol. The summed E-state index contributed by atoms with van der Waals surface area (Å²) in [7, 11) is 0. The molecule has 0 fully saturated rings. The maximum absolute atomic E-state index is 12.1. The molecule has 0 aliphatic carbocycles. The van der Waals surface area contributed by atoms with E-state index in [0.717, 1.165) is 5.69 Å². The van der Waals surface area contributed by atoms with Crippen molar-refractivity contribution in [1.82, 2.24) is 20.4 Å². The molecule has 2 amide bonds. The van der Waals surface area contributed by atoms with Crippen molar-refractivity contribution in [3.05, 3.63) is 53.1 Å². The summed E-state index contributed by atoms with van der Waals surface area (Å²) in [5.41, 5.74) is 6.62. The number of aromatic nitrogens is 2. The fourth-order valence-corrected chi connectivity index (χ4v) is 2.33. The Labute approximate surface area is 145 Å². The van der Waals surface area contributed by atoms with Crippen molar-refractivity contribution in [2.45, 2.75) is 27.3 Å². The first-order valence-electron chi connectivity index (χ1n) is 7.78. The number of aryl methyl sites for hydroxylation is 1. The summed E-state index contributed by atoms with van der Waals surface area (Å²) in [5.74, 6) is -1.37. The molecule has 0 aromatic carbocycles. The first-order valence-corrected chi connectivity index (χ1v) is 7.78. The molecule has 2 rings (SSSR count). The Morgan fingerprint density at radius 2 is 1.96 bits per heavy atom. The highest BCUT2D eigenvalue weighted by Crippen LogP contribution is 2.16. The smallest absolute Gasteiger partial charge is 0.339 e. The molecule has 0 unspecified atom stereocenters. The van der Waals surface area contributed by atoms with E-state index in [9.17, 15) is 14.4 Å². The molecule has 0 aliphatic rings. The van der Waals surface area contributed by atoms with Crippen molar-refractivity contribution in [2.75, 3.05) is 6.61 Å². The van der Waals surface area contributed by atoms with Crippen molar-refractivity contribution >= 4 is 17.8 Å². The normalized spacial score (nSPS) is 10.2. The van der Waals surface area contributed by atoms with Crippen molar-refractivity contribution in [1.29, 1.82) is 0 Å². The lowest BCUT2D eigenvalue weighted by atomic mass is 10.2. The van der Waals surface area contributed by atoms with Crippen LogP contribution < -0.4 is 10.9 Å². The maximum Gasteiger partial charge on any atom is 0.339 e. The van der Waals surface area contributed by atoms with Gasteiger partial charge in [-0.25, -0.2) is 4.79 Å². The van der Waals surface area contributed by atoms with E-state index in [0.29, 0.717) is 11.3 Å². The molecule has 0 saturated heterocycles. The van der Waals surface area contributed by atoms with Gasteiger partial charge in [0.15, 0.2) is 0 Å². The Bertz CT molecular complexity index is 783. The third kappa shape index (κ3) is 4.43. The van der Waals surface area contributed by atoms with Crippen LogP contribution in [0.5, 0.6) is 0 Å². The molecule has 2 aromatic rings. The van der Waals surface area contributed by atoms with Gasteiger partial charge in [0.2, 0.25) is 0 Å². The van der Waals surface area contributed by atoms with Crippen molar-refractivity contribution < 1.29 is 19.1 Å². The minimum atomic E-state index is -0.512. The van der Waals surface area contributed by atoms with Gasteiger partial charge in [0.25, 0.3) is 11.8 Å². The van der Waals surface area contributed by atoms with Crippen LogP contribution in [0.25, 0.3) is 0 Å². The van der Waals surface area contributed by atoms with Gasteiger partial charge in [-0.05, 0) is 39.0 Å². The number of nitrogens with one attached hydrogen (secondary N) is 2. The largest absolute Gasteiger partial charge is 0.462 e. The zero-order chi connectivity index (χ0) is 18.4. The van der Waals surface area contributed by atoms with Gasteiger partial charge in [-0.2, -0.15) is 0 Å². The van der Waals surface area contributed by atoms with Crippen LogP contribution in [-0.2, 0) is 16.1 Å². The number of ether oxygens (including phenoxy) is 1. The fraction of sp³-hybridized carbons (Fsp3) is 0.294. The van der Waals surface area contributed by atoms with Crippen LogP contribution in [0.2, 0.25) is 0 Å². The minimum absolute atomic E-state index is 0.0421.